The predicted molar refractivity (Wildman–Crippen MR) is 73.7 cm³/mol. The molecule has 0 saturated carbocycles. The number of nitrogens with zero attached hydrogens (tertiary/aromatic N) is 1. The van der Waals surface area contributed by atoms with Crippen LogP contribution in [0.1, 0.15) is 40.5 Å². The monoisotopic (exact) mass is 287 g/mol. The van der Waals surface area contributed by atoms with Gasteiger partial charge in [-0.3, -0.25) is 19.3 Å². The van der Waals surface area contributed by atoms with Crippen molar-refractivity contribution in [1.29, 1.82) is 0 Å². The van der Waals surface area contributed by atoms with Gasteiger partial charge in [0, 0.05) is 13.0 Å². The van der Waals surface area contributed by atoms with Gasteiger partial charge in [0.25, 0.3) is 0 Å². The first-order chi connectivity index (χ1) is 8.70. The van der Waals surface area contributed by atoms with Crippen molar-refractivity contribution in [2.24, 2.45) is 0 Å². The molecule has 1 atom stereocenters. The standard InChI is InChI=1S/C13H21NO4S/c1-9(12(17)18-13(2,3)4)19-8-11(16)14-7-5-6-10(14)15/h9H,5-8H2,1-4H3/t9-/m1/s1. The second-order valence-corrected chi connectivity index (χ2v) is 6.86. The van der Waals surface area contributed by atoms with Crippen molar-refractivity contribution in [3.8, 4) is 0 Å². The maximum absolute atomic E-state index is 11.8. The molecule has 0 aliphatic carbocycles. The van der Waals surface area contributed by atoms with Gasteiger partial charge in [-0.2, -0.15) is 0 Å². The molecule has 19 heavy (non-hydrogen) atoms. The summed E-state index contributed by atoms with van der Waals surface area (Å²) in [4.78, 5) is 36.2. The Balaban J connectivity index is 2.37. The summed E-state index contributed by atoms with van der Waals surface area (Å²) >= 11 is 1.20. The van der Waals surface area contributed by atoms with Crippen LogP contribution >= 0.6 is 11.8 Å². The van der Waals surface area contributed by atoms with Gasteiger partial charge in [-0.25, -0.2) is 0 Å². The summed E-state index contributed by atoms with van der Waals surface area (Å²) in [5.41, 5.74) is -0.527. The number of hydrogen-bond donors (Lipinski definition) is 0. The topological polar surface area (TPSA) is 63.7 Å². The maximum Gasteiger partial charge on any atom is 0.319 e. The summed E-state index contributed by atoms with van der Waals surface area (Å²) in [6, 6.07) is 0. The second-order valence-electron chi connectivity index (χ2n) is 5.53. The van der Waals surface area contributed by atoms with Gasteiger partial charge in [-0.15, -0.1) is 11.8 Å². The molecule has 1 aliphatic rings. The molecule has 108 valence electrons. The summed E-state index contributed by atoms with van der Waals surface area (Å²) in [6.45, 7) is 7.61. The van der Waals surface area contributed by atoms with E-state index < -0.39 is 10.9 Å². The van der Waals surface area contributed by atoms with Crippen LogP contribution in [-0.2, 0) is 19.1 Å². The normalized spacial score (nSPS) is 17.5. The van der Waals surface area contributed by atoms with E-state index in [1.807, 2.05) is 0 Å². The lowest BCUT2D eigenvalue weighted by atomic mass is 10.2. The van der Waals surface area contributed by atoms with E-state index in [4.69, 9.17) is 4.74 Å². The van der Waals surface area contributed by atoms with Crippen molar-refractivity contribution in [3.05, 3.63) is 0 Å². The Morgan fingerprint density at radius 1 is 1.42 bits per heavy atom. The van der Waals surface area contributed by atoms with Crippen LogP contribution in [0.2, 0.25) is 0 Å². The van der Waals surface area contributed by atoms with Gasteiger partial charge >= 0.3 is 5.97 Å². The minimum absolute atomic E-state index is 0.115. The maximum atomic E-state index is 11.8. The number of imide groups is 1. The Morgan fingerprint density at radius 2 is 2.05 bits per heavy atom. The largest absolute Gasteiger partial charge is 0.459 e. The van der Waals surface area contributed by atoms with Gasteiger partial charge in [0.15, 0.2) is 0 Å². The molecule has 0 aromatic carbocycles. The Morgan fingerprint density at radius 3 is 2.53 bits per heavy atom. The third kappa shape index (κ3) is 5.22. The molecule has 1 saturated heterocycles. The number of ether oxygens (including phenoxy) is 1. The van der Waals surface area contributed by atoms with Gasteiger partial charge in [0.05, 0.1) is 5.75 Å². The molecule has 0 spiro atoms. The van der Waals surface area contributed by atoms with Crippen LogP contribution in [0.4, 0.5) is 0 Å². The number of likely N-dealkylation sites (tertiary alicyclic amines) is 1. The molecule has 5 nitrogen and oxygen atoms in total. The molecule has 0 bridgehead atoms. The highest BCUT2D eigenvalue weighted by atomic mass is 32.2. The Labute approximate surface area is 118 Å². The summed E-state index contributed by atoms with van der Waals surface area (Å²) in [5.74, 6) is -0.539. The summed E-state index contributed by atoms with van der Waals surface area (Å²) in [5, 5.41) is -0.416. The van der Waals surface area contributed by atoms with E-state index in [0.717, 1.165) is 6.42 Å². The summed E-state index contributed by atoms with van der Waals surface area (Å²) < 4.78 is 5.23. The van der Waals surface area contributed by atoms with Gasteiger partial charge in [0.1, 0.15) is 10.9 Å². The minimum atomic E-state index is -0.527. The van der Waals surface area contributed by atoms with Crippen LogP contribution in [0, 0.1) is 0 Å². The number of carbonyl (C=O) groups is 3. The first-order valence-electron chi connectivity index (χ1n) is 6.38. The number of carbonyl (C=O) groups excluding carboxylic acids is 3. The molecule has 2 amide bonds. The first kappa shape index (κ1) is 16.0. The molecule has 0 unspecified atom stereocenters. The SMILES string of the molecule is C[C@@H](SCC(=O)N1CCCC1=O)C(=O)OC(C)(C)C. The van der Waals surface area contributed by atoms with Gasteiger partial charge in [-0.05, 0) is 34.1 Å². The summed E-state index contributed by atoms with van der Waals surface area (Å²) in [7, 11) is 0. The van der Waals surface area contributed by atoms with Gasteiger partial charge in [-0.1, -0.05) is 0 Å². The fourth-order valence-corrected chi connectivity index (χ4v) is 2.37. The van der Waals surface area contributed by atoms with Crippen LogP contribution in [-0.4, -0.2) is 45.8 Å². The quantitative estimate of drug-likeness (QED) is 0.735. The average molecular weight is 287 g/mol. The van der Waals surface area contributed by atoms with Gasteiger partial charge in [0.2, 0.25) is 11.8 Å². The zero-order chi connectivity index (χ0) is 14.6. The molecule has 0 N–H and O–H groups in total. The zero-order valence-electron chi connectivity index (χ0n) is 11.9. The van der Waals surface area contributed by atoms with E-state index in [1.165, 1.54) is 16.7 Å². The highest BCUT2D eigenvalue weighted by molar-refractivity contribution is 8.01. The van der Waals surface area contributed by atoms with E-state index in [0.29, 0.717) is 13.0 Å². The molecule has 1 rings (SSSR count). The van der Waals surface area contributed by atoms with Crippen molar-refractivity contribution >= 4 is 29.5 Å². The minimum Gasteiger partial charge on any atom is -0.459 e. The van der Waals surface area contributed by atoms with Crippen molar-refractivity contribution in [1.82, 2.24) is 4.90 Å². The van der Waals surface area contributed by atoms with Crippen molar-refractivity contribution in [2.75, 3.05) is 12.3 Å². The Kier molecular flexibility index (Phi) is 5.40. The highest BCUT2D eigenvalue weighted by Gasteiger charge is 2.28. The Bertz CT molecular complexity index is 375. The van der Waals surface area contributed by atoms with Crippen LogP contribution in [0.5, 0.6) is 0 Å². The number of rotatable bonds is 4. The third-order valence-electron chi connectivity index (χ3n) is 2.57. The predicted octanol–water partition coefficient (Wildman–Crippen LogP) is 1.60. The number of thioether (sulfide) groups is 1. The van der Waals surface area contributed by atoms with Gasteiger partial charge < -0.3 is 4.74 Å². The highest BCUT2D eigenvalue weighted by Crippen LogP contribution is 2.18. The smallest absolute Gasteiger partial charge is 0.319 e. The number of amides is 2. The molecule has 1 aliphatic heterocycles. The number of hydrogen-bond acceptors (Lipinski definition) is 5. The lowest BCUT2D eigenvalue weighted by Crippen LogP contribution is -2.34. The van der Waals surface area contributed by atoms with E-state index >= 15 is 0 Å². The summed E-state index contributed by atoms with van der Waals surface area (Å²) in [6.07, 6.45) is 1.18. The first-order valence-corrected chi connectivity index (χ1v) is 7.43. The molecule has 6 heteroatoms. The zero-order valence-corrected chi connectivity index (χ0v) is 12.7. The average Bonchev–Trinajstić information content (AvgIpc) is 2.69. The second kappa shape index (κ2) is 6.41. The lowest BCUT2D eigenvalue weighted by molar-refractivity contribution is -0.153. The third-order valence-corrected chi connectivity index (χ3v) is 3.68. The van der Waals surface area contributed by atoms with E-state index in [9.17, 15) is 14.4 Å². The molecule has 1 fully saturated rings. The molecule has 0 aromatic heterocycles. The van der Waals surface area contributed by atoms with Crippen LogP contribution in [0.3, 0.4) is 0 Å². The lowest BCUT2D eigenvalue weighted by Gasteiger charge is -2.22. The fourth-order valence-electron chi connectivity index (χ4n) is 1.64. The number of esters is 1. The van der Waals surface area contributed by atoms with Crippen LogP contribution in [0.15, 0.2) is 0 Å². The molecular weight excluding hydrogens is 266 g/mol. The molecule has 1 heterocycles. The molecule has 0 aromatic rings. The Hall–Kier alpha value is -1.04. The van der Waals surface area contributed by atoms with Crippen molar-refractivity contribution < 1.29 is 19.1 Å². The van der Waals surface area contributed by atoms with Crippen molar-refractivity contribution in [2.45, 2.75) is 51.4 Å². The molecular formula is C13H21NO4S. The van der Waals surface area contributed by atoms with E-state index in [-0.39, 0.29) is 23.5 Å². The van der Waals surface area contributed by atoms with E-state index in [1.54, 1.807) is 27.7 Å². The molecule has 0 radical (unpaired) electrons. The van der Waals surface area contributed by atoms with Crippen molar-refractivity contribution in [3.63, 3.8) is 0 Å². The van der Waals surface area contributed by atoms with E-state index in [2.05, 4.69) is 0 Å². The van der Waals surface area contributed by atoms with Crippen LogP contribution < -0.4 is 0 Å². The van der Waals surface area contributed by atoms with Crippen LogP contribution in [0.25, 0.3) is 0 Å². The fraction of sp³-hybridized carbons (Fsp3) is 0.769.